The first-order valence-electron chi connectivity index (χ1n) is 41.5. The molecule has 3 N–H and O–H groups in total. The van der Waals surface area contributed by atoms with E-state index in [1.54, 1.807) is 0 Å². The van der Waals surface area contributed by atoms with Crippen molar-refractivity contribution in [2.24, 2.45) is 0 Å². The molecule has 0 aromatic rings. The summed E-state index contributed by atoms with van der Waals surface area (Å²) in [6.45, 7) is 4.87. The number of phosphoric acid groups is 2. The molecular formula is C83H152O17P2. The van der Waals surface area contributed by atoms with Crippen molar-refractivity contribution in [1.29, 1.82) is 0 Å². The largest absolute Gasteiger partial charge is 0.472 e. The Morgan fingerprint density at radius 2 is 0.480 bits per heavy atom. The Hall–Kier alpha value is -3.24. The zero-order chi connectivity index (χ0) is 74.6. The van der Waals surface area contributed by atoms with Crippen molar-refractivity contribution in [3.63, 3.8) is 0 Å². The molecule has 0 saturated carbocycles. The molecule has 102 heavy (non-hydrogen) atoms. The Labute approximate surface area is 622 Å². The number of hydrogen-bond donors (Lipinski definition) is 3. The Morgan fingerprint density at radius 3 is 0.755 bits per heavy atom. The highest BCUT2D eigenvalue weighted by atomic mass is 31.2. The molecular weight excluding hydrogens is 1330 g/mol. The van der Waals surface area contributed by atoms with E-state index in [0.29, 0.717) is 25.7 Å². The van der Waals surface area contributed by atoms with E-state index in [1.807, 2.05) is 0 Å². The molecule has 0 spiro atoms. The number of hydrogen-bond acceptors (Lipinski definition) is 15. The number of rotatable bonds is 79. The summed E-state index contributed by atoms with van der Waals surface area (Å²) < 4.78 is 68.7. The average Bonchev–Trinajstić information content (AvgIpc) is 2.02. The van der Waals surface area contributed by atoms with Crippen molar-refractivity contribution in [3.05, 3.63) is 60.8 Å². The quantitative estimate of drug-likeness (QED) is 0.0169. The van der Waals surface area contributed by atoms with Crippen LogP contribution in [-0.4, -0.2) is 96.7 Å². The number of aliphatic hydroxyl groups is 1. The molecule has 19 heteroatoms. The van der Waals surface area contributed by atoms with Crippen LogP contribution in [-0.2, 0) is 65.4 Å². The lowest BCUT2D eigenvalue weighted by Gasteiger charge is -2.21. The second-order valence-corrected chi connectivity index (χ2v) is 31.0. The van der Waals surface area contributed by atoms with Gasteiger partial charge < -0.3 is 33.8 Å². The molecule has 2 unspecified atom stereocenters. The average molecular weight is 1480 g/mol. The fraction of sp³-hybridized carbons (Fsp3) is 0.831. The zero-order valence-corrected chi connectivity index (χ0v) is 67.1. The van der Waals surface area contributed by atoms with Gasteiger partial charge in [0.15, 0.2) is 12.2 Å². The number of carbonyl (C=O) groups excluding carboxylic acids is 4. The molecule has 0 aromatic carbocycles. The van der Waals surface area contributed by atoms with Crippen LogP contribution in [0.2, 0.25) is 0 Å². The van der Waals surface area contributed by atoms with Gasteiger partial charge in [-0.25, -0.2) is 9.13 Å². The number of carbonyl (C=O) groups is 4. The van der Waals surface area contributed by atoms with Crippen LogP contribution in [0.4, 0.5) is 0 Å². The van der Waals surface area contributed by atoms with Crippen molar-refractivity contribution in [3.8, 4) is 0 Å². The van der Waals surface area contributed by atoms with Crippen molar-refractivity contribution in [2.75, 3.05) is 39.6 Å². The molecule has 0 saturated heterocycles. The van der Waals surface area contributed by atoms with E-state index in [2.05, 4.69) is 88.5 Å². The first kappa shape index (κ1) is 98.8. The van der Waals surface area contributed by atoms with Crippen molar-refractivity contribution < 1.29 is 80.2 Å². The van der Waals surface area contributed by atoms with E-state index >= 15 is 0 Å². The van der Waals surface area contributed by atoms with Gasteiger partial charge in [-0.2, -0.15) is 0 Å². The standard InChI is InChI=1S/C83H152O17P2/c1-5-9-13-17-21-25-29-33-37-38-42-44-48-52-56-60-64-68-81(86)94-74-79(100-83(88)70-66-62-58-54-50-46-41-36-32-28-24-20-16-12-8-4)76-98-102(91,92)96-72-77(84)71-95-101(89,90)97-75-78(99-82(87)69-65-61-57-53-49-45-40-35-31-27-23-19-15-11-7-3)73-93-80(85)67-63-59-55-51-47-43-39-34-30-26-22-18-14-10-6-2/h23-24,27-28,34-36,39-41,77-79,84H,5-22,25-26,29-33,37-38,42-76H2,1-4H3,(H,89,90)(H,91,92)/b27-23-,28-24-,39-34-,40-35-,41-36-/t77-,78-,79-/m1/s1. The smallest absolute Gasteiger partial charge is 0.462 e. The molecule has 0 aromatic heterocycles. The van der Waals surface area contributed by atoms with Crippen molar-refractivity contribution in [2.45, 2.75) is 406 Å². The Kier molecular flexibility index (Phi) is 73.6. The van der Waals surface area contributed by atoms with Gasteiger partial charge in [-0.1, -0.05) is 307 Å². The second kappa shape index (κ2) is 76.0. The van der Waals surface area contributed by atoms with E-state index < -0.39 is 97.5 Å². The summed E-state index contributed by atoms with van der Waals surface area (Å²) in [4.78, 5) is 73.1. The van der Waals surface area contributed by atoms with Crippen molar-refractivity contribution >= 4 is 39.5 Å². The lowest BCUT2D eigenvalue weighted by Crippen LogP contribution is -2.30. The highest BCUT2D eigenvalue weighted by Gasteiger charge is 2.30. The predicted molar refractivity (Wildman–Crippen MR) is 418 cm³/mol. The third-order valence-electron chi connectivity index (χ3n) is 18.0. The Balaban J connectivity index is 5.34. The van der Waals surface area contributed by atoms with Crippen LogP contribution in [0.3, 0.4) is 0 Å². The molecule has 0 aliphatic carbocycles. The molecule has 0 heterocycles. The van der Waals surface area contributed by atoms with Gasteiger partial charge in [0.05, 0.1) is 26.4 Å². The number of unbranched alkanes of at least 4 members (excludes halogenated alkanes) is 43. The summed E-state index contributed by atoms with van der Waals surface area (Å²) in [6, 6.07) is 0. The summed E-state index contributed by atoms with van der Waals surface area (Å²) in [5.74, 6) is -2.18. The summed E-state index contributed by atoms with van der Waals surface area (Å²) in [5, 5.41) is 10.6. The summed E-state index contributed by atoms with van der Waals surface area (Å²) in [6.07, 6.45) is 76.1. The fourth-order valence-electron chi connectivity index (χ4n) is 11.6. The molecule has 596 valence electrons. The molecule has 0 aliphatic heterocycles. The number of allylic oxidation sites excluding steroid dienone is 10. The van der Waals surface area contributed by atoms with Gasteiger partial charge >= 0.3 is 39.5 Å². The van der Waals surface area contributed by atoms with Crippen LogP contribution in [0.25, 0.3) is 0 Å². The highest BCUT2D eigenvalue weighted by molar-refractivity contribution is 7.47. The third kappa shape index (κ3) is 75.0. The first-order valence-corrected chi connectivity index (χ1v) is 44.5. The van der Waals surface area contributed by atoms with Gasteiger partial charge in [-0.3, -0.25) is 37.3 Å². The van der Waals surface area contributed by atoms with Crippen LogP contribution in [0.1, 0.15) is 387 Å². The second-order valence-electron chi connectivity index (χ2n) is 28.1. The first-order chi connectivity index (χ1) is 49.7. The SMILES string of the molecule is CCCCC/C=C\C/C=C\CCCCCCCC(=O)O[C@H](COC(=O)CCCCCCC/C=C\CCCCCCCC)COP(=O)(O)OC[C@@H](O)COP(=O)(O)OC[C@@H](COC(=O)CCCCCCCCCCCCCCCCCCC)OC(=O)CCCCCCC/C=C\C/C=C\CCCCC. The van der Waals surface area contributed by atoms with Gasteiger partial charge in [0.2, 0.25) is 0 Å². The number of phosphoric ester groups is 2. The number of aliphatic hydroxyl groups excluding tert-OH is 1. The molecule has 0 fully saturated rings. The van der Waals surface area contributed by atoms with Crippen LogP contribution in [0, 0.1) is 0 Å². The molecule has 0 rings (SSSR count). The normalized spacial score (nSPS) is 14.1. The molecule has 0 radical (unpaired) electrons. The monoisotopic (exact) mass is 1480 g/mol. The van der Waals surface area contributed by atoms with Gasteiger partial charge in [0.25, 0.3) is 0 Å². The van der Waals surface area contributed by atoms with E-state index in [0.717, 1.165) is 148 Å². The molecule has 0 amide bonds. The molecule has 17 nitrogen and oxygen atoms in total. The van der Waals surface area contributed by atoms with Crippen LogP contribution in [0.15, 0.2) is 60.8 Å². The maximum atomic E-state index is 13.1. The maximum Gasteiger partial charge on any atom is 0.472 e. The minimum absolute atomic E-state index is 0.0810. The Morgan fingerprint density at radius 1 is 0.275 bits per heavy atom. The van der Waals surface area contributed by atoms with Crippen LogP contribution < -0.4 is 0 Å². The topological polar surface area (TPSA) is 237 Å². The highest BCUT2D eigenvalue weighted by Crippen LogP contribution is 2.45. The Bertz CT molecular complexity index is 2170. The zero-order valence-electron chi connectivity index (χ0n) is 65.3. The lowest BCUT2D eigenvalue weighted by atomic mass is 10.0. The van der Waals surface area contributed by atoms with Gasteiger partial charge in [0.1, 0.15) is 19.3 Å². The number of esters is 4. The van der Waals surface area contributed by atoms with E-state index in [1.165, 1.54) is 161 Å². The van der Waals surface area contributed by atoms with Crippen molar-refractivity contribution in [1.82, 2.24) is 0 Å². The lowest BCUT2D eigenvalue weighted by molar-refractivity contribution is -0.161. The minimum atomic E-state index is -4.98. The summed E-state index contributed by atoms with van der Waals surface area (Å²) >= 11 is 0. The fourth-order valence-corrected chi connectivity index (χ4v) is 13.2. The van der Waals surface area contributed by atoms with Gasteiger partial charge in [-0.05, 0) is 116 Å². The molecule has 5 atom stereocenters. The summed E-state index contributed by atoms with van der Waals surface area (Å²) in [5.41, 5.74) is 0. The van der Waals surface area contributed by atoms with Gasteiger partial charge in [0, 0.05) is 25.7 Å². The van der Waals surface area contributed by atoms with Gasteiger partial charge in [-0.15, -0.1) is 0 Å². The van der Waals surface area contributed by atoms with E-state index in [4.69, 9.17) is 37.0 Å². The summed E-state index contributed by atoms with van der Waals surface area (Å²) in [7, 11) is -9.95. The molecule has 0 bridgehead atoms. The van der Waals surface area contributed by atoms with Crippen LogP contribution >= 0.6 is 15.6 Å². The predicted octanol–water partition coefficient (Wildman–Crippen LogP) is 24.2. The van der Waals surface area contributed by atoms with Crippen LogP contribution in [0.5, 0.6) is 0 Å². The van der Waals surface area contributed by atoms with E-state index in [9.17, 15) is 43.2 Å². The maximum absolute atomic E-state index is 13.1. The van der Waals surface area contributed by atoms with E-state index in [-0.39, 0.29) is 25.7 Å². The minimum Gasteiger partial charge on any atom is -0.462 e. The third-order valence-corrected chi connectivity index (χ3v) is 19.9. The molecule has 0 aliphatic rings. The number of ether oxygens (including phenoxy) is 4.